The van der Waals surface area contributed by atoms with Crippen molar-refractivity contribution in [2.75, 3.05) is 0 Å². The van der Waals surface area contributed by atoms with Crippen LogP contribution >= 0.6 is 0 Å². The van der Waals surface area contributed by atoms with Gasteiger partial charge in [0.25, 0.3) is 0 Å². The van der Waals surface area contributed by atoms with Crippen molar-refractivity contribution in [3.8, 4) is 5.75 Å². The van der Waals surface area contributed by atoms with Crippen molar-refractivity contribution in [3.05, 3.63) is 53.6 Å². The summed E-state index contributed by atoms with van der Waals surface area (Å²) in [5.74, 6) is -1.32. The number of carbonyl (C=O) groups is 1. The molecule has 0 aliphatic carbocycles. The number of aromatic hydroxyl groups is 1. The van der Waals surface area contributed by atoms with Crippen LogP contribution in [0.15, 0.2) is 42.5 Å². The van der Waals surface area contributed by atoms with Gasteiger partial charge in [0, 0.05) is 0 Å². The molecule has 0 aliphatic heterocycles. The Morgan fingerprint density at radius 3 is 2.32 bits per heavy atom. The zero-order valence-electron chi connectivity index (χ0n) is 10.3. The van der Waals surface area contributed by atoms with E-state index in [1.807, 2.05) is 31.2 Å². The number of benzene rings is 3. The molecule has 0 bridgehead atoms. The van der Waals surface area contributed by atoms with E-state index in [-0.39, 0.29) is 11.3 Å². The predicted octanol–water partition coefficient (Wildman–Crippen LogP) is 3.71. The highest BCUT2D eigenvalue weighted by Crippen LogP contribution is 2.31. The van der Waals surface area contributed by atoms with E-state index in [1.54, 1.807) is 0 Å². The number of aryl methyl sites for hydroxylation is 1. The SMILES string of the molecule is Cc1ccc2c(ccc3cc(C(=O)O)c(O)cc32)c1. The van der Waals surface area contributed by atoms with E-state index in [9.17, 15) is 9.90 Å². The fraction of sp³-hybridized carbons (Fsp3) is 0.0625. The van der Waals surface area contributed by atoms with Gasteiger partial charge in [0.15, 0.2) is 0 Å². The number of carboxylic acids is 1. The zero-order chi connectivity index (χ0) is 13.6. The second-order valence-electron chi connectivity index (χ2n) is 4.69. The Bertz CT molecular complexity index is 819. The Kier molecular flexibility index (Phi) is 2.42. The lowest BCUT2D eigenvalue weighted by Gasteiger charge is -2.07. The lowest BCUT2D eigenvalue weighted by atomic mass is 9.98. The maximum absolute atomic E-state index is 11.0. The summed E-state index contributed by atoms with van der Waals surface area (Å²) in [4.78, 5) is 11.0. The van der Waals surface area contributed by atoms with Gasteiger partial charge >= 0.3 is 5.97 Å². The van der Waals surface area contributed by atoms with E-state index in [1.165, 1.54) is 17.7 Å². The van der Waals surface area contributed by atoms with Gasteiger partial charge in [-0.2, -0.15) is 0 Å². The summed E-state index contributed by atoms with van der Waals surface area (Å²) in [6.45, 7) is 2.02. The number of hydrogen-bond donors (Lipinski definition) is 2. The highest BCUT2D eigenvalue weighted by Gasteiger charge is 2.12. The lowest BCUT2D eigenvalue weighted by molar-refractivity contribution is 0.0694. The molecule has 0 radical (unpaired) electrons. The molecule has 0 atom stereocenters. The summed E-state index contributed by atoms with van der Waals surface area (Å²) in [6.07, 6.45) is 0. The molecule has 0 fully saturated rings. The van der Waals surface area contributed by atoms with E-state index >= 15 is 0 Å². The van der Waals surface area contributed by atoms with Crippen LogP contribution in [-0.4, -0.2) is 16.2 Å². The first-order valence-electron chi connectivity index (χ1n) is 5.95. The Morgan fingerprint density at radius 1 is 0.947 bits per heavy atom. The standard InChI is InChI=1S/C16H12O3/c1-9-2-5-12-10(6-9)3-4-11-7-14(16(18)19)15(17)8-13(11)12/h2-8,17H,1H3,(H,18,19). The van der Waals surface area contributed by atoms with Gasteiger partial charge in [-0.15, -0.1) is 0 Å². The minimum absolute atomic E-state index is 0.0704. The number of aromatic carboxylic acids is 1. The van der Waals surface area contributed by atoms with Crippen LogP contribution < -0.4 is 0 Å². The normalized spacial score (nSPS) is 11.0. The molecule has 0 spiro atoms. The van der Waals surface area contributed by atoms with Crippen LogP contribution in [0.5, 0.6) is 5.75 Å². The summed E-state index contributed by atoms with van der Waals surface area (Å²) in [5, 5.41) is 22.6. The van der Waals surface area contributed by atoms with Crippen molar-refractivity contribution in [3.63, 3.8) is 0 Å². The molecule has 3 aromatic rings. The monoisotopic (exact) mass is 252 g/mol. The quantitative estimate of drug-likeness (QED) is 0.649. The summed E-state index contributed by atoms with van der Waals surface area (Å²) >= 11 is 0. The van der Waals surface area contributed by atoms with Crippen LogP contribution in [0.4, 0.5) is 0 Å². The number of phenols is 1. The maximum atomic E-state index is 11.0. The van der Waals surface area contributed by atoms with Crippen LogP contribution in [0.2, 0.25) is 0 Å². The van der Waals surface area contributed by atoms with Gasteiger partial charge in [0.1, 0.15) is 11.3 Å². The number of carboxylic acid groups (broad SMARTS) is 1. The second kappa shape index (κ2) is 3.99. The Labute approximate surface area is 109 Å². The average molecular weight is 252 g/mol. The van der Waals surface area contributed by atoms with Crippen molar-refractivity contribution < 1.29 is 15.0 Å². The first-order valence-corrected chi connectivity index (χ1v) is 5.95. The largest absolute Gasteiger partial charge is 0.507 e. The number of hydrogen-bond acceptors (Lipinski definition) is 2. The molecule has 0 aromatic heterocycles. The number of rotatable bonds is 1. The Balaban J connectivity index is 2.43. The van der Waals surface area contributed by atoms with E-state index in [2.05, 4.69) is 6.07 Å². The summed E-state index contributed by atoms with van der Waals surface area (Å²) < 4.78 is 0. The van der Waals surface area contributed by atoms with Crippen LogP contribution in [0.3, 0.4) is 0 Å². The molecule has 2 N–H and O–H groups in total. The van der Waals surface area contributed by atoms with Gasteiger partial charge in [-0.25, -0.2) is 4.79 Å². The molecule has 3 nitrogen and oxygen atoms in total. The van der Waals surface area contributed by atoms with E-state index in [0.717, 1.165) is 21.5 Å². The molecule has 0 amide bonds. The third kappa shape index (κ3) is 1.80. The number of fused-ring (bicyclic) bond motifs is 3. The Hall–Kier alpha value is -2.55. The third-order valence-corrected chi connectivity index (χ3v) is 3.34. The fourth-order valence-electron chi connectivity index (χ4n) is 2.39. The fourth-order valence-corrected chi connectivity index (χ4v) is 2.39. The van der Waals surface area contributed by atoms with Gasteiger partial charge in [0.05, 0.1) is 0 Å². The summed E-state index contributed by atoms with van der Waals surface area (Å²) in [6, 6.07) is 12.9. The van der Waals surface area contributed by atoms with Gasteiger partial charge in [-0.05, 0) is 40.6 Å². The summed E-state index contributed by atoms with van der Waals surface area (Å²) in [7, 11) is 0. The molecular weight excluding hydrogens is 240 g/mol. The van der Waals surface area contributed by atoms with Crippen molar-refractivity contribution in [1.82, 2.24) is 0 Å². The van der Waals surface area contributed by atoms with Crippen molar-refractivity contribution >= 4 is 27.5 Å². The van der Waals surface area contributed by atoms with Crippen LogP contribution in [0.1, 0.15) is 15.9 Å². The molecule has 3 rings (SSSR count). The zero-order valence-corrected chi connectivity index (χ0v) is 10.3. The van der Waals surface area contributed by atoms with E-state index < -0.39 is 5.97 Å². The molecular formula is C16H12O3. The topological polar surface area (TPSA) is 57.5 Å². The van der Waals surface area contributed by atoms with Gasteiger partial charge in [-0.3, -0.25) is 0 Å². The summed E-state index contributed by atoms with van der Waals surface area (Å²) in [5.41, 5.74) is 1.09. The third-order valence-electron chi connectivity index (χ3n) is 3.34. The smallest absolute Gasteiger partial charge is 0.339 e. The average Bonchev–Trinajstić information content (AvgIpc) is 2.37. The van der Waals surface area contributed by atoms with Gasteiger partial charge < -0.3 is 10.2 Å². The van der Waals surface area contributed by atoms with E-state index in [0.29, 0.717) is 0 Å². The van der Waals surface area contributed by atoms with Gasteiger partial charge in [-0.1, -0.05) is 35.9 Å². The Morgan fingerprint density at radius 2 is 1.63 bits per heavy atom. The van der Waals surface area contributed by atoms with Crippen molar-refractivity contribution in [1.29, 1.82) is 0 Å². The first kappa shape index (κ1) is 11.5. The lowest BCUT2D eigenvalue weighted by Crippen LogP contribution is -1.96. The van der Waals surface area contributed by atoms with Crippen molar-refractivity contribution in [2.24, 2.45) is 0 Å². The first-order chi connectivity index (χ1) is 9.06. The minimum atomic E-state index is -1.12. The highest BCUT2D eigenvalue weighted by atomic mass is 16.4. The molecule has 0 unspecified atom stereocenters. The molecule has 0 saturated carbocycles. The minimum Gasteiger partial charge on any atom is -0.507 e. The van der Waals surface area contributed by atoms with E-state index in [4.69, 9.17) is 5.11 Å². The van der Waals surface area contributed by atoms with Gasteiger partial charge in [0.2, 0.25) is 0 Å². The van der Waals surface area contributed by atoms with Crippen LogP contribution in [0, 0.1) is 6.92 Å². The second-order valence-corrected chi connectivity index (χ2v) is 4.69. The van der Waals surface area contributed by atoms with Crippen LogP contribution in [0.25, 0.3) is 21.5 Å². The predicted molar refractivity (Wildman–Crippen MR) is 74.8 cm³/mol. The molecule has 3 heteroatoms. The maximum Gasteiger partial charge on any atom is 0.339 e. The molecule has 0 aliphatic rings. The van der Waals surface area contributed by atoms with Crippen LogP contribution in [-0.2, 0) is 0 Å². The molecule has 0 saturated heterocycles. The molecule has 19 heavy (non-hydrogen) atoms. The highest BCUT2D eigenvalue weighted by molar-refractivity contribution is 6.10. The molecule has 0 heterocycles. The molecule has 94 valence electrons. The molecule has 3 aromatic carbocycles. The van der Waals surface area contributed by atoms with Crippen molar-refractivity contribution in [2.45, 2.75) is 6.92 Å².